The van der Waals surface area contributed by atoms with Gasteiger partial charge in [0, 0.05) is 19.6 Å². The topological polar surface area (TPSA) is 70.8 Å². The predicted octanol–water partition coefficient (Wildman–Crippen LogP) is 4.32. The number of ketones is 1. The van der Waals surface area contributed by atoms with Crippen molar-refractivity contribution < 1.29 is 27.9 Å². The lowest BCUT2D eigenvalue weighted by Crippen LogP contribution is -2.10. The van der Waals surface area contributed by atoms with Crippen LogP contribution in [-0.2, 0) is 34.0 Å². The van der Waals surface area contributed by atoms with Crippen LogP contribution in [0.1, 0.15) is 53.6 Å². The molecule has 3 rings (SSSR count). The normalized spacial score (nSPS) is 17.6. The minimum Gasteiger partial charge on any atom is -0.381 e. The van der Waals surface area contributed by atoms with Crippen LogP contribution >= 0.6 is 12.6 Å². The number of aromatic nitrogens is 1. The van der Waals surface area contributed by atoms with E-state index in [1.807, 2.05) is 0 Å². The summed E-state index contributed by atoms with van der Waals surface area (Å²) in [6.45, 7) is 3.73. The van der Waals surface area contributed by atoms with E-state index in [0.29, 0.717) is 35.8 Å². The number of Topliss-reactive ketones (excluding diaryl/α,β-unsaturated/α-hetero) is 1. The first-order valence-corrected chi connectivity index (χ1v) is 10.2. The van der Waals surface area contributed by atoms with Crippen LogP contribution in [0.5, 0.6) is 0 Å². The molecule has 1 aromatic carbocycles. The summed E-state index contributed by atoms with van der Waals surface area (Å²) in [4.78, 5) is 12.7. The number of carbonyl (C=O) groups excluding carboxylic acids is 1. The molecule has 1 fully saturated rings. The van der Waals surface area contributed by atoms with Gasteiger partial charge in [-0.25, -0.2) is 4.39 Å². The molecule has 0 spiro atoms. The first kappa shape index (κ1) is 22.0. The highest BCUT2D eigenvalue weighted by atomic mass is 32.1. The minimum atomic E-state index is -0.317. The largest absolute Gasteiger partial charge is 0.381 e. The monoisotopic (exact) mass is 423 g/mol. The second kappa shape index (κ2) is 10.9. The van der Waals surface area contributed by atoms with Gasteiger partial charge in [0.1, 0.15) is 12.4 Å². The molecule has 29 heavy (non-hydrogen) atoms. The van der Waals surface area contributed by atoms with Crippen LogP contribution in [0.3, 0.4) is 0 Å². The molecule has 8 heteroatoms. The average molecular weight is 424 g/mol. The van der Waals surface area contributed by atoms with Crippen LogP contribution < -0.4 is 0 Å². The molecule has 2 unspecified atom stereocenters. The highest BCUT2D eigenvalue weighted by Crippen LogP contribution is 2.23. The van der Waals surface area contributed by atoms with E-state index in [1.54, 1.807) is 19.1 Å². The van der Waals surface area contributed by atoms with E-state index < -0.39 is 0 Å². The predicted molar refractivity (Wildman–Crippen MR) is 107 cm³/mol. The van der Waals surface area contributed by atoms with Crippen LogP contribution in [0.2, 0.25) is 0 Å². The van der Waals surface area contributed by atoms with E-state index >= 15 is 0 Å². The molecule has 158 valence electrons. The quantitative estimate of drug-likeness (QED) is 0.330. The van der Waals surface area contributed by atoms with Gasteiger partial charge in [-0.1, -0.05) is 17.3 Å². The first-order valence-electron chi connectivity index (χ1n) is 9.73. The van der Waals surface area contributed by atoms with Gasteiger partial charge < -0.3 is 18.7 Å². The summed E-state index contributed by atoms with van der Waals surface area (Å²) in [5.74, 6) is 0.450. The van der Waals surface area contributed by atoms with Crippen molar-refractivity contribution in [2.24, 2.45) is 5.92 Å². The molecule has 2 atom stereocenters. The molecule has 0 N–H and O–H groups in total. The van der Waals surface area contributed by atoms with Gasteiger partial charge in [0.25, 0.3) is 0 Å². The zero-order valence-corrected chi connectivity index (χ0v) is 17.3. The zero-order valence-electron chi connectivity index (χ0n) is 16.4. The van der Waals surface area contributed by atoms with Crippen molar-refractivity contribution in [2.75, 3.05) is 13.2 Å². The number of rotatable bonds is 11. The SMILES string of the molecule is CC(S)OCc1c(C(=O)CCC2CCOC2)noc1COCc1cccc(F)c1. The first-order chi connectivity index (χ1) is 14.0. The fraction of sp³-hybridized carbons (Fsp3) is 0.524. The Hall–Kier alpha value is -1.74. The van der Waals surface area contributed by atoms with Crippen LogP contribution in [0.25, 0.3) is 0 Å². The minimum absolute atomic E-state index is 0.0811. The van der Waals surface area contributed by atoms with E-state index in [0.717, 1.165) is 19.4 Å². The van der Waals surface area contributed by atoms with Gasteiger partial charge in [0.05, 0.1) is 24.2 Å². The molecule has 2 aromatic rings. The van der Waals surface area contributed by atoms with Gasteiger partial charge in [0.2, 0.25) is 0 Å². The standard InChI is InChI=1S/C21H26FNO5S/c1-14(29)27-12-18-20(13-26-11-16-3-2-4-17(22)9-16)28-23-21(18)19(24)6-5-15-7-8-25-10-15/h2-4,9,14-15,29H,5-8,10-13H2,1H3. The number of nitrogens with zero attached hydrogens (tertiary/aromatic N) is 1. The smallest absolute Gasteiger partial charge is 0.185 e. The number of thiol groups is 1. The van der Waals surface area contributed by atoms with Crippen LogP contribution in [-0.4, -0.2) is 29.6 Å². The van der Waals surface area contributed by atoms with Crippen molar-refractivity contribution in [3.63, 3.8) is 0 Å². The number of benzene rings is 1. The van der Waals surface area contributed by atoms with Crippen LogP contribution in [0, 0.1) is 11.7 Å². The maximum absolute atomic E-state index is 13.3. The molecule has 1 aliphatic rings. The third-order valence-corrected chi connectivity index (χ3v) is 4.95. The second-order valence-electron chi connectivity index (χ2n) is 7.16. The second-order valence-corrected chi connectivity index (χ2v) is 7.88. The maximum atomic E-state index is 13.3. The van der Waals surface area contributed by atoms with E-state index in [4.69, 9.17) is 18.7 Å². The highest BCUT2D eigenvalue weighted by molar-refractivity contribution is 7.80. The molecule has 0 saturated carbocycles. The summed E-state index contributed by atoms with van der Waals surface area (Å²) in [6, 6.07) is 6.19. The molecule has 0 aliphatic carbocycles. The number of hydrogen-bond acceptors (Lipinski definition) is 7. The van der Waals surface area contributed by atoms with Gasteiger partial charge in [0.15, 0.2) is 17.2 Å². The van der Waals surface area contributed by atoms with Gasteiger partial charge in [-0.2, -0.15) is 0 Å². The maximum Gasteiger partial charge on any atom is 0.185 e. The lowest BCUT2D eigenvalue weighted by molar-refractivity contribution is 0.0802. The summed E-state index contributed by atoms with van der Waals surface area (Å²) in [6.07, 6.45) is 2.13. The summed E-state index contributed by atoms with van der Waals surface area (Å²) in [7, 11) is 0. The Morgan fingerprint density at radius 1 is 1.38 bits per heavy atom. The lowest BCUT2D eigenvalue weighted by atomic mass is 9.99. The van der Waals surface area contributed by atoms with Crippen molar-refractivity contribution >= 4 is 18.4 Å². The molecule has 0 amide bonds. The Morgan fingerprint density at radius 3 is 2.97 bits per heavy atom. The molecule has 0 radical (unpaired) electrons. The third-order valence-electron chi connectivity index (χ3n) is 4.80. The Morgan fingerprint density at radius 2 is 2.24 bits per heavy atom. The molecular weight excluding hydrogens is 397 g/mol. The number of halogens is 1. The number of carbonyl (C=O) groups is 1. The van der Waals surface area contributed by atoms with Crippen molar-refractivity contribution in [1.82, 2.24) is 5.16 Å². The Labute approximate surface area is 175 Å². The van der Waals surface area contributed by atoms with E-state index in [1.165, 1.54) is 12.1 Å². The molecular formula is C21H26FNO5S. The number of hydrogen-bond donors (Lipinski definition) is 1. The molecule has 2 heterocycles. The molecule has 1 saturated heterocycles. The molecule has 0 bridgehead atoms. The van der Waals surface area contributed by atoms with Gasteiger partial charge >= 0.3 is 0 Å². The van der Waals surface area contributed by atoms with Crippen molar-refractivity contribution in [2.45, 2.75) is 51.4 Å². The van der Waals surface area contributed by atoms with Crippen LogP contribution in [0.4, 0.5) is 4.39 Å². The van der Waals surface area contributed by atoms with Crippen molar-refractivity contribution in [3.8, 4) is 0 Å². The van der Waals surface area contributed by atoms with E-state index in [-0.39, 0.29) is 42.6 Å². The third kappa shape index (κ3) is 6.64. The summed E-state index contributed by atoms with van der Waals surface area (Å²) >= 11 is 4.22. The summed E-state index contributed by atoms with van der Waals surface area (Å²) in [5.41, 5.74) is 1.27. The van der Waals surface area contributed by atoms with E-state index in [9.17, 15) is 9.18 Å². The lowest BCUT2D eigenvalue weighted by Gasteiger charge is -2.09. The molecule has 1 aliphatic heterocycles. The Balaban J connectivity index is 1.62. The summed E-state index contributed by atoms with van der Waals surface area (Å²) in [5, 5.41) is 3.98. The van der Waals surface area contributed by atoms with E-state index in [2.05, 4.69) is 17.8 Å². The Bertz CT molecular complexity index is 804. The molecule has 1 aromatic heterocycles. The van der Waals surface area contributed by atoms with Gasteiger partial charge in [-0.05, 0) is 43.4 Å². The van der Waals surface area contributed by atoms with Gasteiger partial charge in [-0.3, -0.25) is 4.79 Å². The zero-order chi connectivity index (χ0) is 20.6. The fourth-order valence-corrected chi connectivity index (χ4v) is 3.26. The number of ether oxygens (including phenoxy) is 3. The van der Waals surface area contributed by atoms with Crippen molar-refractivity contribution in [1.29, 1.82) is 0 Å². The van der Waals surface area contributed by atoms with Crippen LogP contribution in [0.15, 0.2) is 28.8 Å². The summed E-state index contributed by atoms with van der Waals surface area (Å²) < 4.78 is 35.2. The average Bonchev–Trinajstić information content (AvgIpc) is 3.34. The fourth-order valence-electron chi connectivity index (χ4n) is 3.18. The van der Waals surface area contributed by atoms with Gasteiger partial charge in [-0.15, -0.1) is 12.6 Å². The Kier molecular flexibility index (Phi) is 8.23. The molecule has 6 nitrogen and oxygen atoms in total. The highest BCUT2D eigenvalue weighted by Gasteiger charge is 2.24. The van der Waals surface area contributed by atoms with Crippen molar-refractivity contribution in [3.05, 3.63) is 52.7 Å².